The predicted octanol–water partition coefficient (Wildman–Crippen LogP) is 5.92. The van der Waals surface area contributed by atoms with Crippen molar-refractivity contribution >= 4 is 46.0 Å². The summed E-state index contributed by atoms with van der Waals surface area (Å²) in [7, 11) is 1.55. The molecule has 3 aromatic carbocycles. The number of aromatic nitrogens is 1. The van der Waals surface area contributed by atoms with Gasteiger partial charge in [0.05, 0.1) is 39.2 Å². The fourth-order valence-corrected chi connectivity index (χ4v) is 6.83. The Kier molecular flexibility index (Phi) is 10.1. The molecule has 0 aliphatic carbocycles. The molecule has 45 heavy (non-hydrogen) atoms. The number of carbonyl (C=O) groups is 1. The van der Waals surface area contributed by atoms with Gasteiger partial charge in [-0.25, -0.2) is 14.2 Å². The second-order valence-corrected chi connectivity index (χ2v) is 12.6. The molecule has 0 amide bonds. The molecule has 2 heterocycles. The molecule has 0 saturated carbocycles. The van der Waals surface area contributed by atoms with Crippen molar-refractivity contribution in [2.24, 2.45) is 4.99 Å². The zero-order valence-electron chi connectivity index (χ0n) is 25.4. The van der Waals surface area contributed by atoms with E-state index in [2.05, 4.69) is 27.6 Å². The lowest BCUT2D eigenvalue weighted by atomic mass is 9.95. The first kappa shape index (κ1) is 32.4. The number of halogens is 2. The third-order valence-electron chi connectivity index (χ3n) is 6.94. The molecular weight excluding hydrogens is 710 g/mol. The van der Waals surface area contributed by atoms with Crippen LogP contribution >= 0.6 is 33.9 Å². The first-order valence-corrected chi connectivity index (χ1v) is 16.2. The molecule has 0 radical (unpaired) electrons. The monoisotopic (exact) mass is 742 g/mol. The lowest BCUT2D eigenvalue weighted by Gasteiger charge is -2.26. The van der Waals surface area contributed by atoms with Crippen LogP contribution < -0.4 is 29.1 Å². The molecule has 1 aliphatic rings. The number of rotatable bonds is 10. The van der Waals surface area contributed by atoms with E-state index in [0.29, 0.717) is 37.8 Å². The standard InChI is InChI=1S/C34H32FIN2O6S/c1-6-42-33(40)29-20(4)37-34-38(30(29)24-9-7-8-10-26(24)44-19(2)3)32(39)28(45-34)17-22-15-25(36)31(27(16-22)41-5)43-18-21-11-13-23(35)14-12-21/h7-17,19,30H,6,18H2,1-5H3/b28-17+/t30-/m0/s1. The van der Waals surface area contributed by atoms with E-state index in [1.807, 2.05) is 44.2 Å². The van der Waals surface area contributed by atoms with Gasteiger partial charge in [-0.1, -0.05) is 41.7 Å². The molecular formula is C34H32FIN2O6S. The average Bonchev–Trinajstić information content (AvgIpc) is 3.30. The molecule has 0 fully saturated rings. The Morgan fingerprint density at radius 3 is 2.56 bits per heavy atom. The number of thiazole rings is 1. The minimum atomic E-state index is -0.797. The molecule has 0 N–H and O–H groups in total. The number of benzene rings is 3. The molecule has 1 atom stereocenters. The van der Waals surface area contributed by atoms with Crippen LogP contribution in [0.5, 0.6) is 17.2 Å². The molecule has 0 saturated heterocycles. The summed E-state index contributed by atoms with van der Waals surface area (Å²) in [5.74, 6) is 0.748. The third kappa shape index (κ3) is 6.99. The lowest BCUT2D eigenvalue weighted by molar-refractivity contribution is -0.139. The number of para-hydroxylation sites is 1. The molecule has 11 heteroatoms. The number of nitrogens with zero attached hydrogens (tertiary/aromatic N) is 2. The summed E-state index contributed by atoms with van der Waals surface area (Å²) in [6, 6.07) is 16.4. The first-order valence-electron chi connectivity index (χ1n) is 14.3. The minimum Gasteiger partial charge on any atom is -0.493 e. The van der Waals surface area contributed by atoms with Crippen LogP contribution in [0, 0.1) is 9.39 Å². The Hall–Kier alpha value is -3.97. The number of esters is 1. The van der Waals surface area contributed by atoms with Gasteiger partial charge in [-0.15, -0.1) is 0 Å². The van der Waals surface area contributed by atoms with Crippen molar-refractivity contribution in [2.45, 2.75) is 46.4 Å². The zero-order valence-corrected chi connectivity index (χ0v) is 28.4. The van der Waals surface area contributed by atoms with Gasteiger partial charge >= 0.3 is 5.97 Å². The summed E-state index contributed by atoms with van der Waals surface area (Å²) >= 11 is 3.39. The van der Waals surface area contributed by atoms with Crippen molar-refractivity contribution in [1.82, 2.24) is 4.57 Å². The molecule has 234 valence electrons. The Balaban J connectivity index is 1.60. The largest absolute Gasteiger partial charge is 0.493 e. The van der Waals surface area contributed by atoms with Crippen LogP contribution in [0.1, 0.15) is 50.4 Å². The average molecular weight is 743 g/mol. The smallest absolute Gasteiger partial charge is 0.338 e. The molecule has 4 aromatic rings. The Morgan fingerprint density at radius 1 is 1.13 bits per heavy atom. The molecule has 0 bridgehead atoms. The highest BCUT2D eigenvalue weighted by Gasteiger charge is 2.35. The maximum Gasteiger partial charge on any atom is 0.338 e. The molecule has 8 nitrogen and oxygen atoms in total. The number of methoxy groups -OCH3 is 1. The van der Waals surface area contributed by atoms with Crippen molar-refractivity contribution in [3.63, 3.8) is 0 Å². The Morgan fingerprint density at radius 2 is 1.87 bits per heavy atom. The van der Waals surface area contributed by atoms with Crippen LogP contribution in [-0.4, -0.2) is 30.4 Å². The number of fused-ring (bicyclic) bond motifs is 1. The van der Waals surface area contributed by atoms with Gasteiger partial charge in [0.25, 0.3) is 5.56 Å². The normalized spacial score (nSPS) is 14.7. The van der Waals surface area contributed by atoms with Crippen LogP contribution in [0.2, 0.25) is 0 Å². The van der Waals surface area contributed by atoms with Crippen LogP contribution in [0.3, 0.4) is 0 Å². The van der Waals surface area contributed by atoms with Gasteiger partial charge in [0, 0.05) is 5.56 Å². The highest BCUT2D eigenvalue weighted by atomic mass is 127. The van der Waals surface area contributed by atoms with Crippen molar-refractivity contribution < 1.29 is 28.1 Å². The SMILES string of the molecule is CCOC(=O)C1=C(C)N=c2s/c(=C/c3cc(I)c(OCc4ccc(F)cc4)c(OC)c3)c(=O)n2[C@H]1c1ccccc1OC(C)C. The van der Waals surface area contributed by atoms with Gasteiger partial charge in [-0.05, 0) is 97.8 Å². The van der Waals surface area contributed by atoms with Crippen LogP contribution in [-0.2, 0) is 16.1 Å². The van der Waals surface area contributed by atoms with E-state index >= 15 is 0 Å². The molecule has 1 aliphatic heterocycles. The number of allylic oxidation sites excluding steroid dienone is 1. The minimum absolute atomic E-state index is 0.127. The van der Waals surface area contributed by atoms with E-state index in [0.717, 1.165) is 14.7 Å². The van der Waals surface area contributed by atoms with E-state index in [4.69, 9.17) is 18.9 Å². The fraction of sp³-hybridized carbons (Fsp3) is 0.265. The molecule has 0 unspecified atom stereocenters. The van der Waals surface area contributed by atoms with Crippen LogP contribution in [0.25, 0.3) is 6.08 Å². The van der Waals surface area contributed by atoms with Crippen molar-refractivity contribution in [3.05, 3.63) is 118 Å². The first-order chi connectivity index (χ1) is 21.6. The van der Waals surface area contributed by atoms with Gasteiger partial charge in [-0.3, -0.25) is 9.36 Å². The van der Waals surface area contributed by atoms with Crippen molar-refractivity contribution in [2.75, 3.05) is 13.7 Å². The fourth-order valence-electron chi connectivity index (χ4n) is 5.00. The summed E-state index contributed by atoms with van der Waals surface area (Å²) in [6.45, 7) is 7.74. The van der Waals surface area contributed by atoms with E-state index in [-0.39, 0.29) is 36.3 Å². The van der Waals surface area contributed by atoms with Crippen molar-refractivity contribution in [1.29, 1.82) is 0 Å². The van der Waals surface area contributed by atoms with E-state index in [1.54, 1.807) is 49.8 Å². The number of hydrogen-bond acceptors (Lipinski definition) is 8. The summed E-state index contributed by atoms with van der Waals surface area (Å²) in [5.41, 5.74) is 2.65. The number of ether oxygens (including phenoxy) is 4. The van der Waals surface area contributed by atoms with Crippen LogP contribution in [0.15, 0.2) is 81.7 Å². The van der Waals surface area contributed by atoms with E-state index < -0.39 is 12.0 Å². The van der Waals surface area contributed by atoms with Gasteiger partial charge < -0.3 is 18.9 Å². The summed E-state index contributed by atoms with van der Waals surface area (Å²) in [6.07, 6.45) is 1.65. The third-order valence-corrected chi connectivity index (χ3v) is 8.72. The zero-order chi connectivity index (χ0) is 32.2. The quantitative estimate of drug-likeness (QED) is 0.148. The Bertz CT molecular complexity index is 1950. The van der Waals surface area contributed by atoms with Gasteiger partial charge in [0.1, 0.15) is 24.2 Å². The van der Waals surface area contributed by atoms with Crippen LogP contribution in [0.4, 0.5) is 4.39 Å². The summed E-state index contributed by atoms with van der Waals surface area (Å²) < 4.78 is 39.3. The second-order valence-electron chi connectivity index (χ2n) is 10.5. The second kappa shape index (κ2) is 14.0. The van der Waals surface area contributed by atoms with Gasteiger partial charge in [-0.2, -0.15) is 0 Å². The lowest BCUT2D eigenvalue weighted by Crippen LogP contribution is -2.40. The number of hydrogen-bond donors (Lipinski definition) is 0. The highest BCUT2D eigenvalue weighted by molar-refractivity contribution is 14.1. The number of carbonyl (C=O) groups excluding carboxylic acids is 1. The maximum absolute atomic E-state index is 14.1. The highest BCUT2D eigenvalue weighted by Crippen LogP contribution is 2.37. The van der Waals surface area contributed by atoms with Gasteiger partial charge in [0.2, 0.25) is 0 Å². The van der Waals surface area contributed by atoms with Crippen molar-refractivity contribution in [3.8, 4) is 17.2 Å². The molecule has 0 spiro atoms. The summed E-state index contributed by atoms with van der Waals surface area (Å²) in [4.78, 5) is 32.6. The molecule has 5 rings (SSSR count). The molecule has 1 aromatic heterocycles. The van der Waals surface area contributed by atoms with E-state index in [1.165, 1.54) is 23.5 Å². The maximum atomic E-state index is 14.1. The predicted molar refractivity (Wildman–Crippen MR) is 179 cm³/mol. The summed E-state index contributed by atoms with van der Waals surface area (Å²) in [5, 5.41) is 0. The van der Waals surface area contributed by atoms with Gasteiger partial charge in [0.15, 0.2) is 16.3 Å². The van der Waals surface area contributed by atoms with E-state index in [9.17, 15) is 14.0 Å². The Labute approximate surface area is 277 Å². The topological polar surface area (TPSA) is 88.4 Å².